The molecule has 4 atom stereocenters. The molecule has 0 bridgehead atoms. The summed E-state index contributed by atoms with van der Waals surface area (Å²) in [7, 11) is 0. The first-order valence-electron chi connectivity index (χ1n) is 8.40. The van der Waals surface area contributed by atoms with Crippen LogP contribution in [-0.4, -0.2) is 24.0 Å². The van der Waals surface area contributed by atoms with Gasteiger partial charge in [0.05, 0.1) is 12.7 Å². The second kappa shape index (κ2) is 6.02. The van der Waals surface area contributed by atoms with E-state index in [1.165, 1.54) is 0 Å². The number of allylic oxidation sites excluding steroid dienone is 1. The standard InChI is InChI=1S/C20H20O4/c1-12-7-17-16-10-15(21)8-14(16)9-18(19(17)24-20(12)22)23-11-13-5-3-2-4-6-13/h2-8,16-19H,9-11H2,1H3/t16-,17+,18-,19-/m1/s1. The molecule has 1 aliphatic heterocycles. The lowest BCUT2D eigenvalue weighted by molar-refractivity contribution is -0.165. The maximum atomic E-state index is 12.0. The molecule has 1 heterocycles. The molecule has 0 N–H and O–H groups in total. The first-order chi connectivity index (χ1) is 11.6. The van der Waals surface area contributed by atoms with E-state index in [0.717, 1.165) is 11.1 Å². The van der Waals surface area contributed by atoms with Crippen LogP contribution in [0.5, 0.6) is 0 Å². The molecule has 124 valence electrons. The van der Waals surface area contributed by atoms with E-state index in [9.17, 15) is 9.59 Å². The zero-order chi connectivity index (χ0) is 16.7. The second-order valence-corrected chi connectivity index (χ2v) is 6.83. The van der Waals surface area contributed by atoms with Crippen LogP contribution in [-0.2, 0) is 25.7 Å². The molecule has 1 saturated carbocycles. The monoisotopic (exact) mass is 324 g/mol. The highest BCUT2D eigenvalue weighted by Gasteiger charge is 2.48. The van der Waals surface area contributed by atoms with E-state index >= 15 is 0 Å². The zero-order valence-electron chi connectivity index (χ0n) is 13.6. The Balaban J connectivity index is 1.58. The Hall–Kier alpha value is -2.20. The van der Waals surface area contributed by atoms with Gasteiger partial charge in [-0.1, -0.05) is 42.0 Å². The van der Waals surface area contributed by atoms with Gasteiger partial charge < -0.3 is 9.47 Å². The third-order valence-corrected chi connectivity index (χ3v) is 5.21. The van der Waals surface area contributed by atoms with Gasteiger partial charge in [-0.25, -0.2) is 4.79 Å². The summed E-state index contributed by atoms with van der Waals surface area (Å²) >= 11 is 0. The van der Waals surface area contributed by atoms with Crippen LogP contribution in [0, 0.1) is 11.8 Å². The first kappa shape index (κ1) is 15.3. The summed E-state index contributed by atoms with van der Waals surface area (Å²) in [5.74, 6) is 0.0822. The van der Waals surface area contributed by atoms with E-state index in [1.54, 1.807) is 13.0 Å². The van der Waals surface area contributed by atoms with Crippen molar-refractivity contribution in [1.82, 2.24) is 0 Å². The lowest BCUT2D eigenvalue weighted by Crippen LogP contribution is -2.48. The summed E-state index contributed by atoms with van der Waals surface area (Å²) in [4.78, 5) is 23.9. The van der Waals surface area contributed by atoms with Gasteiger partial charge in [-0.05, 0) is 30.9 Å². The summed E-state index contributed by atoms with van der Waals surface area (Å²) < 4.78 is 11.8. The van der Waals surface area contributed by atoms with Crippen molar-refractivity contribution in [3.63, 3.8) is 0 Å². The fourth-order valence-electron chi connectivity index (χ4n) is 4.01. The van der Waals surface area contributed by atoms with E-state index in [4.69, 9.17) is 9.47 Å². The molecule has 24 heavy (non-hydrogen) atoms. The van der Waals surface area contributed by atoms with E-state index in [-0.39, 0.29) is 35.8 Å². The van der Waals surface area contributed by atoms with Crippen LogP contribution in [0.15, 0.2) is 53.6 Å². The molecule has 0 unspecified atom stereocenters. The van der Waals surface area contributed by atoms with Crippen LogP contribution < -0.4 is 0 Å². The topological polar surface area (TPSA) is 52.6 Å². The maximum Gasteiger partial charge on any atom is 0.333 e. The molecule has 1 aromatic carbocycles. The highest BCUT2D eigenvalue weighted by atomic mass is 16.6. The number of ether oxygens (including phenoxy) is 2. The minimum Gasteiger partial charge on any atom is -0.456 e. The van der Waals surface area contributed by atoms with Crippen molar-refractivity contribution in [3.8, 4) is 0 Å². The molecule has 2 aliphatic carbocycles. The van der Waals surface area contributed by atoms with Gasteiger partial charge >= 0.3 is 5.97 Å². The van der Waals surface area contributed by atoms with Gasteiger partial charge in [0.15, 0.2) is 5.78 Å². The number of rotatable bonds is 3. The quantitative estimate of drug-likeness (QED) is 0.802. The molecule has 0 aromatic heterocycles. The SMILES string of the molecule is CC1=C[C@@H]2[C@@H](OC1=O)[C@H](OCc1ccccc1)CC1=CC(=O)C[C@H]12. The Bertz CT molecular complexity index is 731. The molecule has 0 radical (unpaired) electrons. The Morgan fingerprint density at radius 1 is 1.17 bits per heavy atom. The molecule has 1 aromatic rings. The average Bonchev–Trinajstić information content (AvgIpc) is 2.95. The largest absolute Gasteiger partial charge is 0.456 e. The van der Waals surface area contributed by atoms with Gasteiger partial charge in [-0.2, -0.15) is 0 Å². The van der Waals surface area contributed by atoms with Gasteiger partial charge in [0, 0.05) is 17.9 Å². The Kier molecular flexibility index (Phi) is 3.85. The van der Waals surface area contributed by atoms with Crippen LogP contribution in [0.25, 0.3) is 0 Å². The molecule has 4 rings (SSSR count). The Morgan fingerprint density at radius 2 is 1.96 bits per heavy atom. The first-order valence-corrected chi connectivity index (χ1v) is 8.40. The van der Waals surface area contributed by atoms with Crippen LogP contribution >= 0.6 is 0 Å². The molecule has 0 spiro atoms. The number of hydrogen-bond acceptors (Lipinski definition) is 4. The van der Waals surface area contributed by atoms with Crippen LogP contribution in [0.1, 0.15) is 25.3 Å². The van der Waals surface area contributed by atoms with Crippen LogP contribution in [0.2, 0.25) is 0 Å². The van der Waals surface area contributed by atoms with Gasteiger partial charge in [0.1, 0.15) is 6.10 Å². The number of carbonyl (C=O) groups excluding carboxylic acids is 2. The van der Waals surface area contributed by atoms with Gasteiger partial charge in [-0.15, -0.1) is 0 Å². The predicted octanol–water partition coefficient (Wildman–Crippen LogP) is 2.98. The number of esters is 1. The van der Waals surface area contributed by atoms with Gasteiger partial charge in [-0.3, -0.25) is 4.79 Å². The third kappa shape index (κ3) is 2.71. The number of carbonyl (C=O) groups is 2. The van der Waals surface area contributed by atoms with Crippen molar-refractivity contribution in [1.29, 1.82) is 0 Å². The average molecular weight is 324 g/mol. The molecule has 0 saturated heterocycles. The zero-order valence-corrected chi connectivity index (χ0v) is 13.6. The van der Waals surface area contributed by atoms with Crippen LogP contribution in [0.3, 0.4) is 0 Å². The van der Waals surface area contributed by atoms with Crippen LogP contribution in [0.4, 0.5) is 0 Å². The van der Waals surface area contributed by atoms with Crippen molar-refractivity contribution >= 4 is 11.8 Å². The lowest BCUT2D eigenvalue weighted by Gasteiger charge is -2.43. The second-order valence-electron chi connectivity index (χ2n) is 6.83. The molecular weight excluding hydrogens is 304 g/mol. The van der Waals surface area contributed by atoms with Crippen molar-refractivity contribution in [2.75, 3.05) is 0 Å². The fraction of sp³-hybridized carbons (Fsp3) is 0.400. The molecule has 0 amide bonds. The van der Waals surface area contributed by atoms with E-state index < -0.39 is 0 Å². The van der Waals surface area contributed by atoms with Gasteiger partial charge in [0.2, 0.25) is 0 Å². The van der Waals surface area contributed by atoms with E-state index in [2.05, 4.69) is 0 Å². The number of ketones is 1. The lowest BCUT2D eigenvalue weighted by atomic mass is 9.72. The van der Waals surface area contributed by atoms with E-state index in [1.807, 2.05) is 36.4 Å². The van der Waals surface area contributed by atoms with Crippen molar-refractivity contribution in [2.24, 2.45) is 11.8 Å². The molecule has 4 nitrogen and oxygen atoms in total. The molecular formula is C20H20O4. The molecule has 1 fully saturated rings. The molecule has 3 aliphatic rings. The normalized spacial score (nSPS) is 31.7. The van der Waals surface area contributed by atoms with Crippen molar-refractivity contribution < 1.29 is 19.1 Å². The minimum atomic E-state index is -0.307. The summed E-state index contributed by atoms with van der Waals surface area (Å²) in [6, 6.07) is 9.94. The highest BCUT2D eigenvalue weighted by Crippen LogP contribution is 2.45. The smallest absolute Gasteiger partial charge is 0.333 e. The number of benzene rings is 1. The molecule has 4 heteroatoms. The van der Waals surface area contributed by atoms with E-state index in [0.29, 0.717) is 25.0 Å². The summed E-state index contributed by atoms with van der Waals surface area (Å²) in [6.45, 7) is 2.24. The Labute approximate surface area is 141 Å². The minimum absolute atomic E-state index is 0.0370. The third-order valence-electron chi connectivity index (χ3n) is 5.21. The summed E-state index contributed by atoms with van der Waals surface area (Å²) in [6.07, 6.45) is 4.40. The highest BCUT2D eigenvalue weighted by molar-refractivity contribution is 5.94. The van der Waals surface area contributed by atoms with Gasteiger partial charge in [0.25, 0.3) is 0 Å². The number of fused-ring (bicyclic) bond motifs is 3. The summed E-state index contributed by atoms with van der Waals surface area (Å²) in [5, 5.41) is 0. The predicted molar refractivity (Wildman–Crippen MR) is 88.0 cm³/mol. The number of hydrogen-bond donors (Lipinski definition) is 0. The summed E-state index contributed by atoms with van der Waals surface area (Å²) in [5.41, 5.74) is 2.85. The maximum absolute atomic E-state index is 12.0. The fourth-order valence-corrected chi connectivity index (χ4v) is 4.01. The van der Waals surface area contributed by atoms with Crippen molar-refractivity contribution in [2.45, 2.75) is 38.6 Å². The Morgan fingerprint density at radius 3 is 2.75 bits per heavy atom. The van der Waals surface area contributed by atoms with Crippen molar-refractivity contribution in [3.05, 3.63) is 59.2 Å².